The smallest absolute Gasteiger partial charge is 0.223 e. The molecule has 5 nitrogen and oxygen atoms in total. The van der Waals surface area contributed by atoms with Crippen molar-refractivity contribution < 1.29 is 9.53 Å². The number of carbonyl (C=O) groups is 1. The molecule has 1 amide bonds. The highest BCUT2D eigenvalue weighted by Crippen LogP contribution is 2.29. The first-order valence-electron chi connectivity index (χ1n) is 8.13. The van der Waals surface area contributed by atoms with E-state index < -0.39 is 0 Å². The summed E-state index contributed by atoms with van der Waals surface area (Å²) in [4.78, 5) is 16.8. The molecule has 3 fully saturated rings. The lowest BCUT2D eigenvalue weighted by molar-refractivity contribution is -0.132. The molecule has 2 heterocycles. The summed E-state index contributed by atoms with van der Waals surface area (Å²) >= 11 is 0. The molecule has 0 aromatic carbocycles. The monoisotopic (exact) mass is 317 g/mol. The van der Waals surface area contributed by atoms with Crippen molar-refractivity contribution in [3.05, 3.63) is 0 Å². The van der Waals surface area contributed by atoms with Crippen molar-refractivity contribution in [1.82, 2.24) is 15.1 Å². The van der Waals surface area contributed by atoms with Crippen LogP contribution in [-0.2, 0) is 9.53 Å². The summed E-state index contributed by atoms with van der Waals surface area (Å²) in [5.41, 5.74) is 0. The molecule has 3 aliphatic rings. The van der Waals surface area contributed by atoms with E-state index >= 15 is 0 Å². The Kier molecular flexibility index (Phi) is 6.74. The van der Waals surface area contributed by atoms with Crippen LogP contribution in [-0.4, -0.2) is 74.2 Å². The maximum Gasteiger partial charge on any atom is 0.223 e. The van der Waals surface area contributed by atoms with Crippen LogP contribution in [0.1, 0.15) is 25.7 Å². The summed E-state index contributed by atoms with van der Waals surface area (Å²) in [6, 6.07) is 0.742. The van der Waals surface area contributed by atoms with Gasteiger partial charge in [-0.2, -0.15) is 0 Å². The summed E-state index contributed by atoms with van der Waals surface area (Å²) in [5.74, 6) is 1.02. The molecule has 1 saturated carbocycles. The Morgan fingerprint density at radius 2 is 2.00 bits per heavy atom. The van der Waals surface area contributed by atoms with Gasteiger partial charge in [-0.05, 0) is 25.2 Å². The van der Waals surface area contributed by atoms with Gasteiger partial charge < -0.3 is 15.0 Å². The van der Waals surface area contributed by atoms with Gasteiger partial charge in [0.2, 0.25) is 5.91 Å². The Labute approximate surface area is 133 Å². The summed E-state index contributed by atoms with van der Waals surface area (Å²) < 4.78 is 5.47. The summed E-state index contributed by atoms with van der Waals surface area (Å²) in [6.07, 6.45) is 4.50. The van der Waals surface area contributed by atoms with Crippen molar-refractivity contribution in [2.45, 2.75) is 31.7 Å². The standard InChI is InChI=1S/C15H27N3O2.ClH/c19-15(17-8-5-16-6-9-17)3-7-18(14-1-2-14)11-13-4-10-20-12-13;/h13-14,16H,1-12H2;1H. The Balaban J connectivity index is 0.00000161. The molecular weight excluding hydrogens is 290 g/mol. The molecule has 2 saturated heterocycles. The summed E-state index contributed by atoms with van der Waals surface area (Å²) in [7, 11) is 0. The molecule has 0 spiro atoms. The SMILES string of the molecule is Cl.O=C(CCN(CC1CCOC1)C1CC1)N1CCNCC1. The molecule has 1 atom stereocenters. The zero-order chi connectivity index (χ0) is 13.8. The number of hydrogen-bond acceptors (Lipinski definition) is 4. The first-order valence-corrected chi connectivity index (χ1v) is 8.13. The van der Waals surface area contributed by atoms with Crippen molar-refractivity contribution in [3.63, 3.8) is 0 Å². The van der Waals surface area contributed by atoms with Gasteiger partial charge in [-0.3, -0.25) is 9.69 Å². The topological polar surface area (TPSA) is 44.8 Å². The molecule has 1 aliphatic carbocycles. The lowest BCUT2D eigenvalue weighted by atomic mass is 10.1. The van der Waals surface area contributed by atoms with Crippen LogP contribution in [0.25, 0.3) is 0 Å². The van der Waals surface area contributed by atoms with Crippen molar-refractivity contribution in [2.75, 3.05) is 52.5 Å². The van der Waals surface area contributed by atoms with Gasteiger partial charge in [0, 0.05) is 58.3 Å². The molecular formula is C15H28ClN3O2. The Bertz CT molecular complexity index is 327. The number of piperazine rings is 1. The fourth-order valence-corrected chi connectivity index (χ4v) is 3.23. The maximum absolute atomic E-state index is 12.2. The molecule has 6 heteroatoms. The van der Waals surface area contributed by atoms with Gasteiger partial charge in [0.1, 0.15) is 0 Å². The quantitative estimate of drug-likeness (QED) is 0.784. The average molecular weight is 318 g/mol. The van der Waals surface area contributed by atoms with Crippen LogP contribution in [0.3, 0.4) is 0 Å². The van der Waals surface area contributed by atoms with E-state index in [1.54, 1.807) is 0 Å². The second-order valence-electron chi connectivity index (χ2n) is 6.34. The van der Waals surface area contributed by atoms with E-state index in [-0.39, 0.29) is 12.4 Å². The van der Waals surface area contributed by atoms with Gasteiger partial charge in [0.25, 0.3) is 0 Å². The molecule has 1 N–H and O–H groups in total. The molecule has 0 aromatic rings. The van der Waals surface area contributed by atoms with Gasteiger partial charge in [0.05, 0.1) is 6.61 Å². The van der Waals surface area contributed by atoms with E-state index in [1.807, 2.05) is 4.90 Å². The number of carbonyl (C=O) groups excluding carboxylic acids is 1. The van der Waals surface area contributed by atoms with E-state index in [9.17, 15) is 4.79 Å². The van der Waals surface area contributed by atoms with E-state index in [1.165, 1.54) is 19.3 Å². The molecule has 3 rings (SSSR count). The predicted molar refractivity (Wildman–Crippen MR) is 84.8 cm³/mol. The van der Waals surface area contributed by atoms with Crippen molar-refractivity contribution in [3.8, 4) is 0 Å². The highest BCUT2D eigenvalue weighted by atomic mass is 35.5. The number of rotatable bonds is 6. The minimum Gasteiger partial charge on any atom is -0.381 e. The lowest BCUT2D eigenvalue weighted by Crippen LogP contribution is -2.47. The Hall–Kier alpha value is -0.360. The van der Waals surface area contributed by atoms with Gasteiger partial charge in [-0.1, -0.05) is 0 Å². The number of hydrogen-bond donors (Lipinski definition) is 1. The maximum atomic E-state index is 12.2. The predicted octanol–water partition coefficient (Wildman–Crippen LogP) is 0.731. The third kappa shape index (κ3) is 5.09. The minimum absolute atomic E-state index is 0. The molecule has 21 heavy (non-hydrogen) atoms. The third-order valence-corrected chi connectivity index (χ3v) is 4.66. The van der Waals surface area contributed by atoms with Crippen molar-refractivity contribution in [1.29, 1.82) is 0 Å². The Morgan fingerprint density at radius 1 is 1.24 bits per heavy atom. The van der Waals surface area contributed by atoms with Crippen LogP contribution in [0.15, 0.2) is 0 Å². The third-order valence-electron chi connectivity index (χ3n) is 4.66. The molecule has 0 radical (unpaired) electrons. The zero-order valence-electron chi connectivity index (χ0n) is 12.8. The van der Waals surface area contributed by atoms with Crippen molar-refractivity contribution in [2.24, 2.45) is 5.92 Å². The number of nitrogens with zero attached hydrogens (tertiary/aromatic N) is 2. The van der Waals surface area contributed by atoms with Gasteiger partial charge in [-0.15, -0.1) is 12.4 Å². The van der Waals surface area contributed by atoms with E-state index in [2.05, 4.69) is 10.2 Å². The van der Waals surface area contributed by atoms with Crippen LogP contribution in [0.4, 0.5) is 0 Å². The summed E-state index contributed by atoms with van der Waals surface area (Å²) in [6.45, 7) is 7.52. The number of ether oxygens (including phenoxy) is 1. The molecule has 122 valence electrons. The molecule has 2 aliphatic heterocycles. The Morgan fingerprint density at radius 3 is 2.62 bits per heavy atom. The first-order chi connectivity index (χ1) is 9.83. The summed E-state index contributed by atoms with van der Waals surface area (Å²) in [5, 5.41) is 3.29. The normalized spacial score (nSPS) is 26.0. The van der Waals surface area contributed by atoms with E-state index in [0.717, 1.165) is 58.5 Å². The van der Waals surface area contributed by atoms with E-state index in [0.29, 0.717) is 18.2 Å². The number of amides is 1. The molecule has 1 unspecified atom stereocenters. The number of halogens is 1. The largest absolute Gasteiger partial charge is 0.381 e. The number of nitrogens with one attached hydrogen (secondary N) is 1. The fourth-order valence-electron chi connectivity index (χ4n) is 3.23. The van der Waals surface area contributed by atoms with E-state index in [4.69, 9.17) is 4.74 Å². The highest BCUT2D eigenvalue weighted by molar-refractivity contribution is 5.85. The highest BCUT2D eigenvalue weighted by Gasteiger charge is 2.32. The van der Waals surface area contributed by atoms with Crippen LogP contribution in [0, 0.1) is 5.92 Å². The van der Waals surface area contributed by atoms with Crippen LogP contribution >= 0.6 is 12.4 Å². The first kappa shape index (κ1) is 17.0. The molecule has 0 aromatic heterocycles. The lowest BCUT2D eigenvalue weighted by Gasteiger charge is -2.29. The van der Waals surface area contributed by atoms with Gasteiger partial charge in [-0.25, -0.2) is 0 Å². The van der Waals surface area contributed by atoms with Gasteiger partial charge >= 0.3 is 0 Å². The van der Waals surface area contributed by atoms with Crippen LogP contribution in [0.5, 0.6) is 0 Å². The van der Waals surface area contributed by atoms with Gasteiger partial charge in [0.15, 0.2) is 0 Å². The molecule has 0 bridgehead atoms. The average Bonchev–Trinajstić information content (AvgIpc) is 3.21. The second-order valence-corrected chi connectivity index (χ2v) is 6.34. The van der Waals surface area contributed by atoms with Crippen LogP contribution in [0.2, 0.25) is 0 Å². The minimum atomic E-state index is 0. The fraction of sp³-hybridized carbons (Fsp3) is 0.933. The second kappa shape index (κ2) is 8.32. The van der Waals surface area contributed by atoms with Crippen molar-refractivity contribution >= 4 is 18.3 Å². The van der Waals surface area contributed by atoms with Crippen LogP contribution < -0.4 is 5.32 Å². The zero-order valence-corrected chi connectivity index (χ0v) is 13.6.